The predicted molar refractivity (Wildman–Crippen MR) is 78.7 cm³/mol. The molecule has 0 aliphatic carbocycles. The third-order valence-electron chi connectivity index (χ3n) is 3.00. The number of aryl methyl sites for hydroxylation is 2. The lowest BCUT2D eigenvalue weighted by atomic mass is 10.1. The van der Waals surface area contributed by atoms with Gasteiger partial charge in [0.2, 0.25) is 0 Å². The van der Waals surface area contributed by atoms with E-state index in [0.29, 0.717) is 11.4 Å². The lowest BCUT2D eigenvalue weighted by molar-refractivity contribution is -0.135. The largest absolute Gasteiger partial charge is 0.361 e. The lowest BCUT2D eigenvalue weighted by Crippen LogP contribution is -2.37. The van der Waals surface area contributed by atoms with Crippen LogP contribution in [0.3, 0.4) is 0 Å². The summed E-state index contributed by atoms with van der Waals surface area (Å²) in [5.41, 5.74) is 8.52. The van der Waals surface area contributed by atoms with Crippen molar-refractivity contribution in [3.63, 3.8) is 0 Å². The first-order valence-corrected chi connectivity index (χ1v) is 6.26. The molecule has 2 amide bonds. The highest BCUT2D eigenvalue weighted by atomic mass is 16.2. The Morgan fingerprint density at radius 1 is 0.800 bits per heavy atom. The number of amides is 2. The summed E-state index contributed by atoms with van der Waals surface area (Å²) in [5.74, 6) is -1.73. The molecular weight excluding hydrogens is 252 g/mol. The number of nitrogens with zero attached hydrogens (tertiary/aromatic N) is 1. The van der Waals surface area contributed by atoms with E-state index in [2.05, 4.69) is 0 Å². The molecule has 0 atom stereocenters. The molecule has 4 heteroatoms. The van der Waals surface area contributed by atoms with E-state index in [9.17, 15) is 9.59 Å². The van der Waals surface area contributed by atoms with Crippen LogP contribution in [-0.2, 0) is 9.59 Å². The predicted octanol–water partition coefficient (Wildman–Crippen LogP) is 2.45. The zero-order valence-corrected chi connectivity index (χ0v) is 11.5. The third kappa shape index (κ3) is 2.85. The molecule has 2 aromatic carbocycles. The maximum absolute atomic E-state index is 12.1. The fraction of sp³-hybridized carbons (Fsp3) is 0.125. The minimum absolute atomic E-state index is 0.614. The third-order valence-corrected chi connectivity index (χ3v) is 3.00. The summed E-state index contributed by atoms with van der Waals surface area (Å²) < 4.78 is 0. The van der Waals surface area contributed by atoms with Crippen molar-refractivity contribution in [2.24, 2.45) is 5.73 Å². The van der Waals surface area contributed by atoms with E-state index in [1.807, 2.05) is 38.1 Å². The summed E-state index contributed by atoms with van der Waals surface area (Å²) in [6.45, 7) is 3.91. The Labute approximate surface area is 117 Å². The van der Waals surface area contributed by atoms with Crippen molar-refractivity contribution in [2.45, 2.75) is 13.8 Å². The van der Waals surface area contributed by atoms with Crippen molar-refractivity contribution < 1.29 is 9.59 Å². The Hall–Kier alpha value is -2.62. The van der Waals surface area contributed by atoms with Gasteiger partial charge in [0.1, 0.15) is 0 Å². The Kier molecular flexibility index (Phi) is 3.84. The topological polar surface area (TPSA) is 63.4 Å². The highest BCUT2D eigenvalue weighted by Crippen LogP contribution is 2.26. The van der Waals surface area contributed by atoms with Gasteiger partial charge in [-0.15, -0.1) is 0 Å². The summed E-state index contributed by atoms with van der Waals surface area (Å²) in [6, 6.07) is 14.7. The van der Waals surface area contributed by atoms with Crippen LogP contribution in [0.4, 0.5) is 11.4 Å². The maximum Gasteiger partial charge on any atom is 0.320 e. The zero-order valence-electron chi connectivity index (χ0n) is 11.5. The summed E-state index contributed by atoms with van der Waals surface area (Å²) in [6.07, 6.45) is 0. The van der Waals surface area contributed by atoms with Gasteiger partial charge in [0.05, 0.1) is 0 Å². The average Bonchev–Trinajstić information content (AvgIpc) is 2.43. The Morgan fingerprint density at radius 2 is 1.15 bits per heavy atom. The normalized spacial score (nSPS) is 10.1. The summed E-state index contributed by atoms with van der Waals surface area (Å²) in [5, 5.41) is 0. The van der Waals surface area contributed by atoms with Gasteiger partial charge in [-0.25, -0.2) is 0 Å². The van der Waals surface area contributed by atoms with E-state index < -0.39 is 11.8 Å². The zero-order chi connectivity index (χ0) is 14.7. The molecule has 0 unspecified atom stereocenters. The highest BCUT2D eigenvalue weighted by molar-refractivity contribution is 6.41. The van der Waals surface area contributed by atoms with Crippen LogP contribution in [0.5, 0.6) is 0 Å². The minimum atomic E-state index is -0.980. The van der Waals surface area contributed by atoms with Crippen LogP contribution in [0.25, 0.3) is 0 Å². The summed E-state index contributed by atoms with van der Waals surface area (Å²) in [7, 11) is 0. The van der Waals surface area contributed by atoms with Gasteiger partial charge in [0.15, 0.2) is 0 Å². The fourth-order valence-corrected chi connectivity index (χ4v) is 1.88. The van der Waals surface area contributed by atoms with Crippen LogP contribution in [0, 0.1) is 13.8 Å². The molecule has 0 bridgehead atoms. The second-order valence-electron chi connectivity index (χ2n) is 4.68. The van der Waals surface area contributed by atoms with Gasteiger partial charge in [-0.05, 0) is 38.1 Å². The van der Waals surface area contributed by atoms with Crippen molar-refractivity contribution in [3.8, 4) is 0 Å². The molecule has 2 N–H and O–H groups in total. The molecule has 0 radical (unpaired) electrons. The first-order chi connectivity index (χ1) is 9.49. The van der Waals surface area contributed by atoms with Gasteiger partial charge in [0.25, 0.3) is 0 Å². The van der Waals surface area contributed by atoms with Crippen LogP contribution in [-0.4, -0.2) is 11.8 Å². The van der Waals surface area contributed by atoms with Gasteiger partial charge >= 0.3 is 11.8 Å². The highest BCUT2D eigenvalue weighted by Gasteiger charge is 2.22. The van der Waals surface area contributed by atoms with Gasteiger partial charge in [-0.3, -0.25) is 14.5 Å². The van der Waals surface area contributed by atoms with Crippen molar-refractivity contribution in [3.05, 3.63) is 59.7 Å². The van der Waals surface area contributed by atoms with Gasteiger partial charge in [0, 0.05) is 11.4 Å². The number of primary amides is 1. The van der Waals surface area contributed by atoms with Crippen molar-refractivity contribution in [1.29, 1.82) is 0 Å². The fourth-order valence-electron chi connectivity index (χ4n) is 1.88. The molecule has 0 saturated heterocycles. The van der Waals surface area contributed by atoms with Crippen LogP contribution >= 0.6 is 0 Å². The van der Waals surface area contributed by atoms with Gasteiger partial charge < -0.3 is 5.73 Å². The van der Waals surface area contributed by atoms with E-state index in [0.717, 1.165) is 11.1 Å². The monoisotopic (exact) mass is 268 g/mol. The molecule has 0 fully saturated rings. The Balaban J connectivity index is 2.49. The van der Waals surface area contributed by atoms with E-state index >= 15 is 0 Å². The smallest absolute Gasteiger partial charge is 0.320 e. The van der Waals surface area contributed by atoms with Crippen LogP contribution in [0.15, 0.2) is 48.5 Å². The molecule has 0 heterocycles. The second-order valence-corrected chi connectivity index (χ2v) is 4.68. The van der Waals surface area contributed by atoms with Crippen LogP contribution < -0.4 is 10.6 Å². The number of hydrogen-bond donors (Lipinski definition) is 1. The number of nitrogens with two attached hydrogens (primary N) is 1. The molecule has 0 aliphatic rings. The summed E-state index contributed by atoms with van der Waals surface area (Å²) in [4.78, 5) is 24.6. The van der Waals surface area contributed by atoms with Crippen LogP contribution in [0.1, 0.15) is 11.1 Å². The van der Waals surface area contributed by atoms with Crippen molar-refractivity contribution >= 4 is 23.2 Å². The molecule has 4 nitrogen and oxygen atoms in total. The van der Waals surface area contributed by atoms with Crippen molar-refractivity contribution in [1.82, 2.24) is 0 Å². The molecule has 0 aromatic heterocycles. The second kappa shape index (κ2) is 5.57. The molecule has 0 spiro atoms. The molecule has 2 aromatic rings. The van der Waals surface area contributed by atoms with Gasteiger partial charge in [-0.2, -0.15) is 0 Å². The van der Waals surface area contributed by atoms with Gasteiger partial charge in [-0.1, -0.05) is 35.4 Å². The number of carbonyl (C=O) groups is 2. The molecule has 0 aliphatic heterocycles. The first-order valence-electron chi connectivity index (χ1n) is 6.26. The van der Waals surface area contributed by atoms with E-state index in [4.69, 9.17) is 5.73 Å². The SMILES string of the molecule is Cc1ccc(N(C(=O)C(N)=O)c2ccc(C)cc2)cc1. The van der Waals surface area contributed by atoms with E-state index in [-0.39, 0.29) is 0 Å². The minimum Gasteiger partial charge on any atom is -0.361 e. The van der Waals surface area contributed by atoms with E-state index in [1.165, 1.54) is 4.90 Å². The summed E-state index contributed by atoms with van der Waals surface area (Å²) >= 11 is 0. The number of anilines is 2. The Bertz CT molecular complexity index is 585. The quantitative estimate of drug-likeness (QED) is 0.850. The van der Waals surface area contributed by atoms with Crippen LogP contribution in [0.2, 0.25) is 0 Å². The molecular formula is C16H16N2O2. The Morgan fingerprint density at radius 3 is 1.45 bits per heavy atom. The molecule has 2 rings (SSSR count). The first kappa shape index (κ1) is 13.8. The molecule has 20 heavy (non-hydrogen) atoms. The molecule has 0 saturated carbocycles. The lowest BCUT2D eigenvalue weighted by Gasteiger charge is -2.21. The number of hydrogen-bond acceptors (Lipinski definition) is 2. The average molecular weight is 268 g/mol. The number of rotatable bonds is 2. The number of carbonyl (C=O) groups excluding carboxylic acids is 2. The number of benzene rings is 2. The standard InChI is InChI=1S/C16H16N2O2/c1-11-3-7-13(8-4-11)18(16(20)15(17)19)14-9-5-12(2)6-10-14/h3-10H,1-2H3,(H2,17,19). The molecule has 102 valence electrons. The van der Waals surface area contributed by atoms with E-state index in [1.54, 1.807) is 24.3 Å². The maximum atomic E-state index is 12.1. The van der Waals surface area contributed by atoms with Crippen molar-refractivity contribution in [2.75, 3.05) is 4.90 Å².